The highest BCUT2D eigenvalue weighted by molar-refractivity contribution is 6.02. The normalized spacial score (nSPS) is 10.8. The maximum Gasteiger partial charge on any atom is 0.248 e. The summed E-state index contributed by atoms with van der Waals surface area (Å²) < 4.78 is 11.7. The summed E-state index contributed by atoms with van der Waals surface area (Å²) in [6.45, 7) is 7.01. The number of hydrogen-bond donors (Lipinski definition) is 1. The van der Waals surface area contributed by atoms with Crippen LogP contribution in [0, 0.1) is 6.92 Å². The molecule has 0 bridgehead atoms. The van der Waals surface area contributed by atoms with Gasteiger partial charge in [0.2, 0.25) is 5.91 Å². The van der Waals surface area contributed by atoms with E-state index in [2.05, 4.69) is 12.2 Å². The molecule has 31 heavy (non-hydrogen) atoms. The van der Waals surface area contributed by atoms with E-state index in [1.165, 1.54) is 0 Å². The number of para-hydroxylation sites is 1. The maximum absolute atomic E-state index is 12.5. The van der Waals surface area contributed by atoms with Crippen LogP contribution in [0.3, 0.4) is 0 Å². The molecule has 4 heteroatoms. The van der Waals surface area contributed by atoms with E-state index in [1.807, 2.05) is 80.6 Å². The van der Waals surface area contributed by atoms with Gasteiger partial charge in [-0.05, 0) is 60.7 Å². The van der Waals surface area contributed by atoms with E-state index in [1.54, 1.807) is 12.2 Å². The highest BCUT2D eigenvalue weighted by Gasteiger charge is 2.08. The first-order valence-corrected chi connectivity index (χ1v) is 10.6. The summed E-state index contributed by atoms with van der Waals surface area (Å²) in [7, 11) is 0. The van der Waals surface area contributed by atoms with Crippen molar-refractivity contribution in [3.8, 4) is 11.5 Å². The first-order chi connectivity index (χ1) is 15.1. The van der Waals surface area contributed by atoms with E-state index in [9.17, 15) is 4.79 Å². The summed E-state index contributed by atoms with van der Waals surface area (Å²) >= 11 is 0. The van der Waals surface area contributed by atoms with Crippen LogP contribution in [0.25, 0.3) is 6.08 Å². The van der Waals surface area contributed by atoms with Gasteiger partial charge in [0, 0.05) is 11.8 Å². The Kier molecular flexibility index (Phi) is 7.88. The quantitative estimate of drug-likeness (QED) is 0.424. The van der Waals surface area contributed by atoms with Gasteiger partial charge in [-0.1, -0.05) is 61.5 Å². The van der Waals surface area contributed by atoms with E-state index in [0.29, 0.717) is 24.7 Å². The van der Waals surface area contributed by atoms with Crippen molar-refractivity contribution in [2.24, 2.45) is 0 Å². The van der Waals surface area contributed by atoms with Gasteiger partial charge >= 0.3 is 0 Å². The first-order valence-electron chi connectivity index (χ1n) is 10.6. The molecule has 0 atom stereocenters. The molecule has 4 nitrogen and oxygen atoms in total. The minimum absolute atomic E-state index is 0.161. The third kappa shape index (κ3) is 6.22. The summed E-state index contributed by atoms with van der Waals surface area (Å²) in [5, 5.41) is 3.01. The number of carbonyl (C=O) groups is 1. The molecule has 0 aliphatic heterocycles. The van der Waals surface area contributed by atoms with Gasteiger partial charge in [0.25, 0.3) is 0 Å². The number of rotatable bonds is 9. The molecule has 0 aliphatic rings. The molecular formula is C27H29NO3. The maximum atomic E-state index is 12.5. The Labute approximate surface area is 184 Å². The molecule has 0 fully saturated rings. The van der Waals surface area contributed by atoms with Crippen LogP contribution >= 0.6 is 0 Å². The van der Waals surface area contributed by atoms with E-state index in [-0.39, 0.29) is 5.91 Å². The number of anilines is 1. The number of hydrogen-bond acceptors (Lipinski definition) is 3. The van der Waals surface area contributed by atoms with Crippen molar-refractivity contribution < 1.29 is 14.3 Å². The lowest BCUT2D eigenvalue weighted by Gasteiger charge is -2.13. The van der Waals surface area contributed by atoms with E-state index in [4.69, 9.17) is 9.47 Å². The number of amides is 1. The van der Waals surface area contributed by atoms with Crippen LogP contribution in [-0.4, -0.2) is 12.5 Å². The van der Waals surface area contributed by atoms with Crippen molar-refractivity contribution in [3.05, 3.63) is 95.1 Å². The number of ether oxygens (including phenoxy) is 2. The summed E-state index contributed by atoms with van der Waals surface area (Å²) in [6.07, 6.45) is 4.19. The Morgan fingerprint density at radius 2 is 1.74 bits per heavy atom. The molecule has 3 aromatic carbocycles. The van der Waals surface area contributed by atoms with Crippen LogP contribution < -0.4 is 14.8 Å². The topological polar surface area (TPSA) is 47.6 Å². The van der Waals surface area contributed by atoms with Gasteiger partial charge in [-0.25, -0.2) is 0 Å². The lowest BCUT2D eigenvalue weighted by atomic mass is 10.1. The Bertz CT molecular complexity index is 1040. The second-order valence-corrected chi connectivity index (χ2v) is 7.20. The smallest absolute Gasteiger partial charge is 0.248 e. The predicted octanol–water partition coefficient (Wildman–Crippen LogP) is 6.19. The number of nitrogens with one attached hydrogen (secondary N) is 1. The van der Waals surface area contributed by atoms with Crippen LogP contribution in [0.5, 0.6) is 11.5 Å². The predicted molar refractivity (Wildman–Crippen MR) is 127 cm³/mol. The Morgan fingerprint density at radius 1 is 0.935 bits per heavy atom. The summed E-state index contributed by atoms with van der Waals surface area (Å²) in [4.78, 5) is 12.5. The fourth-order valence-electron chi connectivity index (χ4n) is 3.29. The number of benzene rings is 3. The van der Waals surface area contributed by atoms with Crippen LogP contribution in [0.1, 0.15) is 36.1 Å². The van der Waals surface area contributed by atoms with Gasteiger partial charge in [-0.15, -0.1) is 0 Å². The van der Waals surface area contributed by atoms with Gasteiger partial charge in [-0.3, -0.25) is 4.79 Å². The average Bonchev–Trinajstić information content (AvgIpc) is 2.79. The molecule has 0 aromatic heterocycles. The third-order valence-electron chi connectivity index (χ3n) is 4.92. The van der Waals surface area contributed by atoms with Gasteiger partial charge in [-0.2, -0.15) is 0 Å². The largest absolute Gasteiger partial charge is 0.490 e. The Balaban J connectivity index is 1.70. The Hall–Kier alpha value is -3.53. The van der Waals surface area contributed by atoms with Crippen LogP contribution in [0.4, 0.5) is 5.69 Å². The number of carbonyl (C=O) groups excluding carboxylic acids is 1. The highest BCUT2D eigenvalue weighted by Crippen LogP contribution is 2.30. The molecule has 160 valence electrons. The average molecular weight is 416 g/mol. The molecule has 0 radical (unpaired) electrons. The molecule has 1 amide bonds. The molecule has 0 spiro atoms. The summed E-state index contributed by atoms with van der Waals surface area (Å²) in [5.41, 5.74) is 5.03. The summed E-state index contributed by atoms with van der Waals surface area (Å²) in [6, 6.07) is 21.7. The molecule has 3 rings (SSSR count). The monoisotopic (exact) mass is 415 g/mol. The van der Waals surface area contributed by atoms with Gasteiger partial charge in [0.15, 0.2) is 11.5 Å². The van der Waals surface area contributed by atoms with Gasteiger partial charge in [0.1, 0.15) is 6.61 Å². The van der Waals surface area contributed by atoms with E-state index in [0.717, 1.165) is 34.4 Å². The lowest BCUT2D eigenvalue weighted by molar-refractivity contribution is -0.111. The molecule has 0 heterocycles. The van der Waals surface area contributed by atoms with Gasteiger partial charge < -0.3 is 14.8 Å². The SMILES string of the molecule is CCOc1cc(C=CC(=O)Nc2c(C)cccc2CC)ccc1OCc1ccccc1. The van der Waals surface area contributed by atoms with Crippen LogP contribution in [0.2, 0.25) is 0 Å². The fourth-order valence-corrected chi connectivity index (χ4v) is 3.29. The minimum atomic E-state index is -0.161. The second kappa shape index (κ2) is 11.0. The molecule has 3 aromatic rings. The lowest BCUT2D eigenvalue weighted by Crippen LogP contribution is -2.11. The van der Waals surface area contributed by atoms with Gasteiger partial charge in [0.05, 0.1) is 6.61 Å². The molecule has 0 saturated heterocycles. The third-order valence-corrected chi connectivity index (χ3v) is 4.92. The van der Waals surface area contributed by atoms with E-state index >= 15 is 0 Å². The number of aryl methyl sites for hydroxylation is 2. The molecule has 0 saturated carbocycles. The standard InChI is InChI=1S/C27H29NO3/c1-4-23-13-9-10-20(3)27(23)28-26(29)17-15-21-14-16-24(25(18-21)30-5-2)31-19-22-11-7-6-8-12-22/h6-18H,4-5,19H2,1-3H3,(H,28,29). The van der Waals surface area contributed by atoms with Crippen molar-refractivity contribution in [2.45, 2.75) is 33.8 Å². The zero-order valence-corrected chi connectivity index (χ0v) is 18.4. The molecule has 1 N–H and O–H groups in total. The zero-order chi connectivity index (χ0) is 22.1. The van der Waals surface area contributed by atoms with Crippen LogP contribution in [-0.2, 0) is 17.8 Å². The van der Waals surface area contributed by atoms with Crippen molar-refractivity contribution in [1.82, 2.24) is 0 Å². The van der Waals surface area contributed by atoms with Crippen LogP contribution in [0.15, 0.2) is 72.8 Å². The van der Waals surface area contributed by atoms with Crippen molar-refractivity contribution in [3.63, 3.8) is 0 Å². The first kappa shape index (κ1) is 22.2. The summed E-state index contributed by atoms with van der Waals surface area (Å²) in [5.74, 6) is 1.18. The fraction of sp³-hybridized carbons (Fsp3) is 0.222. The Morgan fingerprint density at radius 3 is 2.48 bits per heavy atom. The molecule has 0 unspecified atom stereocenters. The van der Waals surface area contributed by atoms with Crippen molar-refractivity contribution >= 4 is 17.7 Å². The molecular weight excluding hydrogens is 386 g/mol. The van der Waals surface area contributed by atoms with E-state index < -0.39 is 0 Å². The zero-order valence-electron chi connectivity index (χ0n) is 18.4. The minimum Gasteiger partial charge on any atom is -0.490 e. The second-order valence-electron chi connectivity index (χ2n) is 7.20. The highest BCUT2D eigenvalue weighted by atomic mass is 16.5. The molecule has 0 aliphatic carbocycles. The van der Waals surface area contributed by atoms with Crippen molar-refractivity contribution in [1.29, 1.82) is 0 Å². The van der Waals surface area contributed by atoms with Crippen molar-refractivity contribution in [2.75, 3.05) is 11.9 Å².